The predicted molar refractivity (Wildman–Crippen MR) is 194 cm³/mol. The summed E-state index contributed by atoms with van der Waals surface area (Å²) >= 11 is 1.65. The molecule has 0 radical (unpaired) electrons. The van der Waals surface area contributed by atoms with Crippen LogP contribution in [-0.2, 0) is 5.41 Å². The van der Waals surface area contributed by atoms with Crippen molar-refractivity contribution in [3.8, 4) is 11.1 Å². The molecule has 1 N–H and O–H groups in total. The summed E-state index contributed by atoms with van der Waals surface area (Å²) in [5, 5.41) is 9.21. The number of hydrogen-bond acceptors (Lipinski definition) is 5. The summed E-state index contributed by atoms with van der Waals surface area (Å²) in [4.78, 5) is 41.1. The molecule has 0 saturated heterocycles. The van der Waals surface area contributed by atoms with Gasteiger partial charge < -0.3 is 10.0 Å². The summed E-state index contributed by atoms with van der Waals surface area (Å²) < 4.78 is 0. The number of carbonyl (C=O) groups excluding carboxylic acids is 2. The van der Waals surface area contributed by atoms with E-state index in [0.717, 1.165) is 4.91 Å². The Morgan fingerprint density at radius 2 is 1.60 bits per heavy atom. The number of carboxylic acids is 1. The highest BCUT2D eigenvalue weighted by Gasteiger charge is 2.44. The van der Waals surface area contributed by atoms with Gasteiger partial charge in [-0.15, -0.1) is 11.8 Å². The van der Waals surface area contributed by atoms with Gasteiger partial charge in [0.15, 0.2) is 11.6 Å². The molecule has 1 saturated carbocycles. The maximum Gasteiger partial charge on any atom is 0.335 e. The molecule has 0 amide bonds. The van der Waals surface area contributed by atoms with Crippen molar-refractivity contribution in [2.45, 2.75) is 69.6 Å². The van der Waals surface area contributed by atoms with E-state index in [0.29, 0.717) is 12.0 Å². The molecule has 3 aliphatic carbocycles. The van der Waals surface area contributed by atoms with Crippen molar-refractivity contribution in [2.24, 2.45) is 0 Å². The summed E-state index contributed by atoms with van der Waals surface area (Å²) in [5.41, 5.74) is 11.2. The fourth-order valence-corrected chi connectivity index (χ4v) is 9.48. The van der Waals surface area contributed by atoms with E-state index in [9.17, 15) is 19.5 Å². The van der Waals surface area contributed by atoms with E-state index < -0.39 is 11.8 Å². The lowest BCUT2D eigenvalue weighted by atomic mass is 9.82. The van der Waals surface area contributed by atoms with Crippen molar-refractivity contribution in [2.75, 3.05) is 4.90 Å². The normalized spacial score (nSPS) is 23.0. The third kappa shape index (κ3) is 4.42. The third-order valence-corrected chi connectivity index (χ3v) is 12.0. The van der Waals surface area contributed by atoms with Crippen LogP contribution in [0.15, 0.2) is 96.6 Å². The topological polar surface area (TPSA) is 74.7 Å². The number of aromatic carboxylic acids is 1. The Kier molecular flexibility index (Phi) is 7.15. The van der Waals surface area contributed by atoms with Gasteiger partial charge in [-0.05, 0) is 88.7 Å². The van der Waals surface area contributed by atoms with Gasteiger partial charge >= 0.3 is 5.97 Å². The number of allylic oxidation sites excluding steroid dienone is 1. The fourth-order valence-electron chi connectivity index (χ4n) is 8.52. The summed E-state index contributed by atoms with van der Waals surface area (Å²) in [7, 11) is 0. The Morgan fingerprint density at radius 3 is 2.40 bits per heavy atom. The lowest BCUT2D eigenvalue weighted by Gasteiger charge is -2.29. The van der Waals surface area contributed by atoms with Gasteiger partial charge in [-0.1, -0.05) is 82.7 Å². The minimum atomic E-state index is -1.12. The fraction of sp³-hybridized carbons (Fsp3) is 0.262. The number of Topliss-reactive ketones (excluding diaryl/α,β-unsaturated/α-hetero) is 2. The van der Waals surface area contributed by atoms with Crippen LogP contribution in [0.5, 0.6) is 0 Å². The Labute approximate surface area is 285 Å². The Bertz CT molecular complexity index is 2140. The molecule has 5 nitrogen and oxygen atoms in total. The van der Waals surface area contributed by atoms with Crippen LogP contribution in [0, 0.1) is 0 Å². The van der Waals surface area contributed by atoms with E-state index in [1.54, 1.807) is 17.8 Å². The summed E-state index contributed by atoms with van der Waals surface area (Å²) in [6, 6.07) is 27.3. The minimum Gasteiger partial charge on any atom is -0.478 e. The molecule has 240 valence electrons. The molecule has 48 heavy (non-hydrogen) atoms. The Morgan fingerprint density at radius 1 is 0.854 bits per heavy atom. The quantitative estimate of drug-likeness (QED) is 0.175. The number of carbonyl (C=O) groups is 3. The zero-order valence-corrected chi connectivity index (χ0v) is 28.4. The molecule has 4 aromatic rings. The summed E-state index contributed by atoms with van der Waals surface area (Å²) in [6.45, 7) is 8.65. The molecular formula is C42H37NO4S. The van der Waals surface area contributed by atoms with Crippen LogP contribution in [0.3, 0.4) is 0 Å². The number of ketones is 2. The van der Waals surface area contributed by atoms with Crippen molar-refractivity contribution in [1.29, 1.82) is 0 Å². The molecule has 1 fully saturated rings. The maximum atomic E-state index is 13.0. The molecule has 0 spiro atoms. The third-order valence-electron chi connectivity index (χ3n) is 10.8. The van der Waals surface area contributed by atoms with Gasteiger partial charge in [0.25, 0.3) is 0 Å². The smallest absolute Gasteiger partial charge is 0.335 e. The Hall–Kier alpha value is -4.68. The van der Waals surface area contributed by atoms with Gasteiger partial charge in [0, 0.05) is 50.0 Å². The highest BCUT2D eigenvalue weighted by atomic mass is 32.2. The molecule has 4 aromatic carbocycles. The van der Waals surface area contributed by atoms with E-state index in [1.807, 2.05) is 13.8 Å². The summed E-state index contributed by atoms with van der Waals surface area (Å²) in [6.07, 6.45) is 7.44. The molecule has 0 aromatic heterocycles. The van der Waals surface area contributed by atoms with Crippen molar-refractivity contribution < 1.29 is 19.5 Å². The largest absolute Gasteiger partial charge is 0.478 e. The molecular weight excluding hydrogens is 615 g/mol. The number of rotatable bonds is 4. The van der Waals surface area contributed by atoms with Crippen molar-refractivity contribution >= 4 is 45.6 Å². The van der Waals surface area contributed by atoms with Crippen molar-refractivity contribution in [3.63, 3.8) is 0 Å². The van der Waals surface area contributed by atoms with Crippen LogP contribution in [-0.4, -0.2) is 33.9 Å². The molecule has 2 aliphatic heterocycles. The molecule has 5 aliphatic rings. The van der Waals surface area contributed by atoms with Gasteiger partial charge in [0.05, 0.1) is 11.1 Å². The van der Waals surface area contributed by atoms with E-state index in [1.165, 1.54) is 82.2 Å². The maximum absolute atomic E-state index is 13.0. The first-order chi connectivity index (χ1) is 23.2. The second-order valence-corrected chi connectivity index (χ2v) is 14.8. The van der Waals surface area contributed by atoms with Crippen LogP contribution in [0.4, 0.5) is 11.4 Å². The van der Waals surface area contributed by atoms with Crippen LogP contribution in [0.1, 0.15) is 106 Å². The van der Waals surface area contributed by atoms with Gasteiger partial charge in [-0.2, -0.15) is 0 Å². The second kappa shape index (κ2) is 11.2. The first kappa shape index (κ1) is 30.6. The van der Waals surface area contributed by atoms with E-state index in [2.05, 4.69) is 85.5 Å². The lowest BCUT2D eigenvalue weighted by Crippen LogP contribution is -2.26. The van der Waals surface area contributed by atoms with Gasteiger partial charge in [0.2, 0.25) is 0 Å². The van der Waals surface area contributed by atoms with E-state index in [4.69, 9.17) is 0 Å². The Balaban J connectivity index is 0.00000165. The van der Waals surface area contributed by atoms with E-state index >= 15 is 0 Å². The number of thioether (sulfide) groups is 1. The van der Waals surface area contributed by atoms with Gasteiger partial charge in [-0.3, -0.25) is 9.59 Å². The first-order valence-corrected chi connectivity index (χ1v) is 17.8. The van der Waals surface area contributed by atoms with Crippen LogP contribution < -0.4 is 4.90 Å². The summed E-state index contributed by atoms with van der Waals surface area (Å²) in [5.74, 6) is -1.35. The average Bonchev–Trinajstić information content (AvgIpc) is 3.79. The lowest BCUT2D eigenvalue weighted by molar-refractivity contribution is 0.0696. The first-order valence-electron chi connectivity index (χ1n) is 17.0. The predicted octanol–water partition coefficient (Wildman–Crippen LogP) is 9.97. The molecule has 2 heterocycles. The zero-order chi connectivity index (χ0) is 33.5. The highest BCUT2D eigenvalue weighted by Crippen LogP contribution is 2.56. The number of hydrogen-bond donors (Lipinski definition) is 1. The minimum absolute atomic E-state index is 0.00600. The number of benzene rings is 4. The number of fused-ring (bicyclic) bond motifs is 7. The second-order valence-electron chi connectivity index (χ2n) is 13.6. The standard InChI is InChI=1S/C40H31NO4S.C2H6/c1-40(2)32-8-4-3-6-25(32)28-18-23(12-14-33(28)40)41-34-9-5-7-26(34)29-16-21(11-15-35(29)41)36-20-24(46-36)19-31-37(42)27-13-10-22(39(44)45)17-30(27)38(31)43;1-2/h3-4,6,8,10-20,24,26,34H,5,7,9H2,1-2H3,(H,44,45);1-2H3/b31-19+;. The number of anilines is 2. The van der Waals surface area contributed by atoms with Crippen LogP contribution in [0.2, 0.25) is 0 Å². The van der Waals surface area contributed by atoms with Crippen LogP contribution in [0.25, 0.3) is 16.0 Å². The van der Waals surface area contributed by atoms with Gasteiger partial charge in [-0.25, -0.2) is 4.79 Å². The number of carboxylic acid groups (broad SMARTS) is 1. The van der Waals surface area contributed by atoms with Crippen molar-refractivity contribution in [1.82, 2.24) is 0 Å². The molecule has 9 rings (SSSR count). The molecule has 3 atom stereocenters. The molecule has 6 heteroatoms. The van der Waals surface area contributed by atoms with Gasteiger partial charge in [0.1, 0.15) is 0 Å². The van der Waals surface area contributed by atoms with Crippen molar-refractivity contribution in [3.05, 3.63) is 136 Å². The average molecular weight is 652 g/mol. The molecule has 3 unspecified atom stereocenters. The zero-order valence-electron chi connectivity index (χ0n) is 27.5. The molecule has 0 bridgehead atoms. The highest BCUT2D eigenvalue weighted by molar-refractivity contribution is 8.10. The van der Waals surface area contributed by atoms with E-state index in [-0.39, 0.29) is 38.7 Å². The number of nitrogens with zero attached hydrogens (tertiary/aromatic N) is 1. The SMILES string of the molecule is CC.CC1(C)c2ccccc2-c2cc(N3c4ccc(C5=CC(/C=C6\C(=O)c7ccc(C(=O)O)cc7C6=O)S5)cc4C4CCCC43)ccc21. The monoisotopic (exact) mass is 651 g/mol. The van der Waals surface area contributed by atoms with Crippen LogP contribution >= 0.6 is 11.8 Å².